The molecule has 0 aliphatic rings. The van der Waals surface area contributed by atoms with Crippen LogP contribution in [0.2, 0.25) is 0 Å². The largest absolute Gasteiger partial charge is 0.497 e. The van der Waals surface area contributed by atoms with Gasteiger partial charge in [-0.1, -0.05) is 6.07 Å². The van der Waals surface area contributed by atoms with Crippen LogP contribution < -0.4 is 24.8 Å². The molecule has 0 unspecified atom stereocenters. The fraction of sp³-hybridized carbons (Fsp3) is 0.136. The molecule has 2 N–H and O–H groups in total. The number of ether oxygens (including phenoxy) is 3. The van der Waals surface area contributed by atoms with Crippen LogP contribution in [-0.2, 0) is 0 Å². The highest BCUT2D eigenvalue weighted by Crippen LogP contribution is 2.30. The minimum atomic E-state index is -0.340. The van der Waals surface area contributed by atoms with Crippen LogP contribution >= 0.6 is 0 Å². The fourth-order valence-corrected chi connectivity index (χ4v) is 2.67. The number of carbonyl (C=O) groups excluding carboxylic acids is 2. The Hall–Kier alpha value is -4.07. The highest BCUT2D eigenvalue weighted by atomic mass is 16.5. The molecule has 3 rings (SSSR count). The molecule has 2 amide bonds. The molecule has 0 aliphatic carbocycles. The Bertz CT molecular complexity index is 1070. The quantitative estimate of drug-likeness (QED) is 0.622. The molecule has 2 aromatic carbocycles. The number of hydrogen-bond donors (Lipinski definition) is 2. The van der Waals surface area contributed by atoms with E-state index in [-0.39, 0.29) is 17.5 Å². The molecular weight excluding hydrogens is 386 g/mol. The number of hydrogen-bond acceptors (Lipinski definition) is 6. The van der Waals surface area contributed by atoms with Crippen molar-refractivity contribution >= 4 is 17.5 Å². The van der Waals surface area contributed by atoms with E-state index in [1.54, 1.807) is 55.6 Å². The molecule has 8 nitrogen and oxygen atoms in total. The number of rotatable bonds is 7. The summed E-state index contributed by atoms with van der Waals surface area (Å²) < 4.78 is 16.3. The highest BCUT2D eigenvalue weighted by molar-refractivity contribution is 6.05. The van der Waals surface area contributed by atoms with Gasteiger partial charge in [-0.3, -0.25) is 14.6 Å². The lowest BCUT2D eigenvalue weighted by Crippen LogP contribution is -2.18. The number of pyridine rings is 1. The Labute approximate surface area is 173 Å². The summed E-state index contributed by atoms with van der Waals surface area (Å²) >= 11 is 0. The average Bonchev–Trinajstić information content (AvgIpc) is 2.78. The van der Waals surface area contributed by atoms with Crippen molar-refractivity contribution in [1.29, 1.82) is 0 Å². The first-order valence-electron chi connectivity index (χ1n) is 9.03. The summed E-state index contributed by atoms with van der Waals surface area (Å²) in [5, 5.41) is 5.32. The third-order valence-electron chi connectivity index (χ3n) is 4.18. The van der Waals surface area contributed by atoms with Gasteiger partial charge in [0, 0.05) is 30.9 Å². The maximum atomic E-state index is 12.7. The molecule has 0 bridgehead atoms. The van der Waals surface area contributed by atoms with Crippen molar-refractivity contribution in [3.63, 3.8) is 0 Å². The molecule has 0 aliphatic heterocycles. The molecular formula is C22H21N3O5. The van der Waals surface area contributed by atoms with Crippen molar-refractivity contribution < 1.29 is 23.8 Å². The molecule has 8 heteroatoms. The lowest BCUT2D eigenvalue weighted by molar-refractivity contribution is 0.0957. The second-order valence-electron chi connectivity index (χ2n) is 6.11. The van der Waals surface area contributed by atoms with Crippen molar-refractivity contribution in [2.75, 3.05) is 26.6 Å². The topological polar surface area (TPSA) is 98.8 Å². The molecule has 0 saturated heterocycles. The van der Waals surface area contributed by atoms with Crippen molar-refractivity contribution in [2.45, 2.75) is 0 Å². The Balaban J connectivity index is 1.79. The molecule has 0 fully saturated rings. The number of anilines is 1. The number of methoxy groups -OCH3 is 2. The molecule has 3 aromatic rings. The van der Waals surface area contributed by atoms with Gasteiger partial charge >= 0.3 is 0 Å². The van der Waals surface area contributed by atoms with Gasteiger partial charge in [-0.2, -0.15) is 0 Å². The van der Waals surface area contributed by atoms with Crippen molar-refractivity contribution in [1.82, 2.24) is 10.3 Å². The smallest absolute Gasteiger partial charge is 0.269 e. The van der Waals surface area contributed by atoms with Gasteiger partial charge < -0.3 is 24.8 Å². The predicted molar refractivity (Wildman–Crippen MR) is 112 cm³/mol. The third-order valence-corrected chi connectivity index (χ3v) is 4.18. The van der Waals surface area contributed by atoms with Gasteiger partial charge in [0.05, 0.1) is 19.9 Å². The number of benzene rings is 2. The highest BCUT2D eigenvalue weighted by Gasteiger charge is 2.13. The maximum Gasteiger partial charge on any atom is 0.269 e. The van der Waals surface area contributed by atoms with Gasteiger partial charge in [-0.05, 0) is 36.4 Å². The van der Waals surface area contributed by atoms with Crippen LogP contribution in [0.25, 0.3) is 0 Å². The zero-order valence-electron chi connectivity index (χ0n) is 16.8. The van der Waals surface area contributed by atoms with Gasteiger partial charge in [0.25, 0.3) is 11.8 Å². The first-order valence-corrected chi connectivity index (χ1v) is 9.03. The molecule has 1 heterocycles. The van der Waals surface area contributed by atoms with Crippen molar-refractivity contribution in [2.24, 2.45) is 0 Å². The number of nitrogens with one attached hydrogen (secondary N) is 2. The number of amides is 2. The minimum Gasteiger partial charge on any atom is -0.497 e. The molecule has 0 spiro atoms. The van der Waals surface area contributed by atoms with Crippen molar-refractivity contribution in [3.8, 4) is 23.0 Å². The van der Waals surface area contributed by atoms with Crippen LogP contribution in [0.4, 0.5) is 5.69 Å². The van der Waals surface area contributed by atoms with E-state index in [0.29, 0.717) is 34.2 Å². The van der Waals surface area contributed by atoms with Gasteiger partial charge in [0.15, 0.2) is 0 Å². The molecule has 0 saturated carbocycles. The van der Waals surface area contributed by atoms with Gasteiger partial charge in [0.1, 0.15) is 28.7 Å². The van der Waals surface area contributed by atoms with E-state index < -0.39 is 0 Å². The number of carbonyl (C=O) groups is 2. The van der Waals surface area contributed by atoms with Gasteiger partial charge in [-0.15, -0.1) is 0 Å². The average molecular weight is 407 g/mol. The first-order chi connectivity index (χ1) is 14.5. The van der Waals surface area contributed by atoms with Crippen LogP contribution in [0, 0.1) is 0 Å². The van der Waals surface area contributed by atoms with Crippen LogP contribution in [0.3, 0.4) is 0 Å². The van der Waals surface area contributed by atoms with Crippen LogP contribution in [0.1, 0.15) is 20.8 Å². The second-order valence-corrected chi connectivity index (χ2v) is 6.11. The number of nitrogens with zero attached hydrogens (tertiary/aromatic N) is 1. The molecule has 1 aromatic heterocycles. The lowest BCUT2D eigenvalue weighted by atomic mass is 10.2. The Morgan fingerprint density at radius 1 is 0.867 bits per heavy atom. The summed E-state index contributed by atoms with van der Waals surface area (Å²) in [6.07, 6.45) is 1.48. The summed E-state index contributed by atoms with van der Waals surface area (Å²) in [7, 11) is 4.59. The normalized spacial score (nSPS) is 10.1. The van der Waals surface area contributed by atoms with E-state index in [4.69, 9.17) is 14.2 Å². The SMILES string of the molecule is CNC(=O)c1cc(Oc2cccc(C(=O)Nc3cc(OC)ccc3OC)c2)ccn1. The zero-order valence-corrected chi connectivity index (χ0v) is 16.8. The summed E-state index contributed by atoms with van der Waals surface area (Å²) in [6.45, 7) is 0. The number of aromatic nitrogens is 1. The summed E-state index contributed by atoms with van der Waals surface area (Å²) in [4.78, 5) is 28.5. The fourth-order valence-electron chi connectivity index (χ4n) is 2.67. The van der Waals surface area contributed by atoms with Gasteiger partial charge in [0.2, 0.25) is 0 Å². The monoisotopic (exact) mass is 407 g/mol. The van der Waals surface area contributed by atoms with E-state index >= 15 is 0 Å². The maximum absolute atomic E-state index is 12.7. The van der Waals surface area contributed by atoms with E-state index in [0.717, 1.165) is 0 Å². The Morgan fingerprint density at radius 3 is 2.40 bits per heavy atom. The van der Waals surface area contributed by atoms with E-state index in [9.17, 15) is 9.59 Å². The van der Waals surface area contributed by atoms with E-state index in [2.05, 4.69) is 15.6 Å². The molecule has 30 heavy (non-hydrogen) atoms. The van der Waals surface area contributed by atoms with Crippen LogP contribution in [-0.4, -0.2) is 38.1 Å². The standard InChI is InChI=1S/C22H21N3O5/c1-23-22(27)19-13-17(9-10-24-19)30-16-6-4-5-14(11-16)21(26)25-18-12-15(28-2)7-8-20(18)29-3/h4-13H,1-3H3,(H,23,27)(H,25,26). The molecule has 154 valence electrons. The molecule has 0 atom stereocenters. The first kappa shape index (κ1) is 20.7. The summed E-state index contributed by atoms with van der Waals surface area (Å²) in [5.41, 5.74) is 1.10. The van der Waals surface area contributed by atoms with Gasteiger partial charge in [-0.25, -0.2) is 0 Å². The second kappa shape index (κ2) is 9.42. The third kappa shape index (κ3) is 4.85. The summed E-state index contributed by atoms with van der Waals surface area (Å²) in [6, 6.07) is 14.9. The minimum absolute atomic E-state index is 0.231. The molecule has 0 radical (unpaired) electrons. The van der Waals surface area contributed by atoms with Crippen LogP contribution in [0.15, 0.2) is 60.8 Å². The predicted octanol–water partition coefficient (Wildman–Crippen LogP) is 3.50. The summed E-state index contributed by atoms with van der Waals surface area (Å²) in [5.74, 6) is 1.31. The van der Waals surface area contributed by atoms with E-state index in [1.165, 1.54) is 26.4 Å². The van der Waals surface area contributed by atoms with E-state index in [1.807, 2.05) is 0 Å². The van der Waals surface area contributed by atoms with Crippen molar-refractivity contribution in [3.05, 3.63) is 72.1 Å². The Kier molecular flexibility index (Phi) is 6.49. The van der Waals surface area contributed by atoms with Crippen LogP contribution in [0.5, 0.6) is 23.0 Å². The Morgan fingerprint density at radius 2 is 1.67 bits per heavy atom. The lowest BCUT2D eigenvalue weighted by Gasteiger charge is -2.12. The zero-order chi connectivity index (χ0) is 21.5.